The van der Waals surface area contributed by atoms with E-state index < -0.39 is 22.1 Å². The quantitative estimate of drug-likeness (QED) is 0.455. The Bertz CT molecular complexity index is 963. The molecule has 33 heavy (non-hydrogen) atoms. The standard InChI is InChI=1S/C24H34N2O6S/c1-17-15-26(16-18(2)31-17)33(29,30)22-11-9-21(10-12-22)24(28)32-19(3)23(27)25-14-13-20-7-5-4-6-8-20/h7,9-12,17-19H,4-6,8,13-16H2,1-3H3,(H,25,27)/t17-,18+,19-/m0/s1. The van der Waals surface area contributed by atoms with Gasteiger partial charge in [-0.2, -0.15) is 4.31 Å². The molecule has 0 radical (unpaired) electrons. The number of sulfonamides is 1. The lowest BCUT2D eigenvalue weighted by molar-refractivity contribution is -0.129. The summed E-state index contributed by atoms with van der Waals surface area (Å²) in [5.41, 5.74) is 1.55. The Balaban J connectivity index is 1.52. The van der Waals surface area contributed by atoms with Gasteiger partial charge in [-0.15, -0.1) is 0 Å². The number of hydrogen-bond acceptors (Lipinski definition) is 6. The first-order valence-corrected chi connectivity index (χ1v) is 13.0. The van der Waals surface area contributed by atoms with Crippen molar-refractivity contribution in [1.82, 2.24) is 9.62 Å². The first-order chi connectivity index (χ1) is 15.7. The Morgan fingerprint density at radius 3 is 2.42 bits per heavy atom. The number of esters is 1. The molecule has 1 aromatic carbocycles. The van der Waals surface area contributed by atoms with Gasteiger partial charge in [0.05, 0.1) is 22.7 Å². The molecule has 1 fully saturated rings. The van der Waals surface area contributed by atoms with Gasteiger partial charge in [0.2, 0.25) is 10.0 Å². The summed E-state index contributed by atoms with van der Waals surface area (Å²) in [6.45, 7) is 6.26. The van der Waals surface area contributed by atoms with Gasteiger partial charge in [-0.3, -0.25) is 4.79 Å². The molecule has 1 aliphatic heterocycles. The summed E-state index contributed by atoms with van der Waals surface area (Å²) in [5, 5.41) is 2.81. The lowest BCUT2D eigenvalue weighted by atomic mass is 9.97. The summed E-state index contributed by atoms with van der Waals surface area (Å²) >= 11 is 0. The smallest absolute Gasteiger partial charge is 0.338 e. The highest BCUT2D eigenvalue weighted by atomic mass is 32.2. The molecule has 182 valence electrons. The van der Waals surface area contributed by atoms with E-state index in [2.05, 4.69) is 11.4 Å². The zero-order chi connectivity index (χ0) is 24.0. The van der Waals surface area contributed by atoms with Gasteiger partial charge < -0.3 is 14.8 Å². The maximum absolute atomic E-state index is 12.9. The molecule has 0 aromatic heterocycles. The number of benzene rings is 1. The van der Waals surface area contributed by atoms with Gasteiger partial charge in [-0.1, -0.05) is 11.6 Å². The second-order valence-electron chi connectivity index (χ2n) is 8.80. The highest BCUT2D eigenvalue weighted by molar-refractivity contribution is 7.89. The van der Waals surface area contributed by atoms with Gasteiger partial charge in [-0.25, -0.2) is 13.2 Å². The van der Waals surface area contributed by atoms with Crippen molar-refractivity contribution in [3.05, 3.63) is 41.5 Å². The number of nitrogens with one attached hydrogen (secondary N) is 1. The van der Waals surface area contributed by atoms with Gasteiger partial charge in [0.1, 0.15) is 0 Å². The van der Waals surface area contributed by atoms with E-state index in [9.17, 15) is 18.0 Å². The third-order valence-electron chi connectivity index (χ3n) is 5.90. The molecule has 1 aliphatic carbocycles. The molecule has 0 saturated carbocycles. The Kier molecular flexibility index (Phi) is 8.67. The number of morpholine rings is 1. The van der Waals surface area contributed by atoms with Crippen LogP contribution in [0.25, 0.3) is 0 Å². The fourth-order valence-corrected chi connectivity index (χ4v) is 5.73. The van der Waals surface area contributed by atoms with Gasteiger partial charge in [0.25, 0.3) is 5.91 Å². The van der Waals surface area contributed by atoms with Crippen LogP contribution in [-0.4, -0.2) is 62.5 Å². The first-order valence-electron chi connectivity index (χ1n) is 11.6. The van der Waals surface area contributed by atoms with Crippen molar-refractivity contribution in [2.45, 2.75) is 76.1 Å². The number of nitrogens with zero attached hydrogens (tertiary/aromatic N) is 1. The van der Waals surface area contributed by atoms with Crippen LogP contribution in [0.1, 0.15) is 63.2 Å². The van der Waals surface area contributed by atoms with E-state index in [4.69, 9.17) is 9.47 Å². The number of carbonyl (C=O) groups is 2. The van der Waals surface area contributed by atoms with Crippen LogP contribution in [0.3, 0.4) is 0 Å². The van der Waals surface area contributed by atoms with Gasteiger partial charge in [-0.05, 0) is 77.1 Å². The van der Waals surface area contributed by atoms with E-state index in [0.717, 1.165) is 19.3 Å². The Labute approximate surface area is 196 Å². The molecular formula is C24H34N2O6S. The fourth-order valence-electron chi connectivity index (χ4n) is 4.14. The van der Waals surface area contributed by atoms with Crippen LogP contribution >= 0.6 is 0 Å². The number of allylic oxidation sites excluding steroid dienone is 1. The minimum atomic E-state index is -3.69. The second kappa shape index (κ2) is 11.3. The molecule has 0 unspecified atom stereocenters. The third kappa shape index (κ3) is 6.88. The van der Waals surface area contributed by atoms with E-state index in [-0.39, 0.29) is 41.7 Å². The molecule has 0 bridgehead atoms. The SMILES string of the molecule is C[C@@H]1CN(S(=O)(=O)c2ccc(C(=O)O[C@@H](C)C(=O)NCCC3=CCCCC3)cc2)C[C@H](C)O1. The van der Waals surface area contributed by atoms with Crippen molar-refractivity contribution in [2.75, 3.05) is 19.6 Å². The molecule has 1 saturated heterocycles. The van der Waals surface area contributed by atoms with E-state index in [0.29, 0.717) is 6.54 Å². The molecule has 3 rings (SSSR count). The third-order valence-corrected chi connectivity index (χ3v) is 7.74. The number of carbonyl (C=O) groups excluding carboxylic acids is 2. The summed E-state index contributed by atoms with van der Waals surface area (Å²) < 4.78 is 38.2. The molecule has 9 heteroatoms. The van der Waals surface area contributed by atoms with Crippen LogP contribution in [-0.2, 0) is 24.3 Å². The number of amides is 1. The topological polar surface area (TPSA) is 102 Å². The predicted molar refractivity (Wildman–Crippen MR) is 124 cm³/mol. The van der Waals surface area contributed by atoms with E-state index in [1.165, 1.54) is 53.9 Å². The average molecular weight is 479 g/mol. The van der Waals surface area contributed by atoms with E-state index in [1.807, 2.05) is 13.8 Å². The Morgan fingerprint density at radius 2 is 1.82 bits per heavy atom. The monoisotopic (exact) mass is 478 g/mol. The van der Waals surface area contributed by atoms with Crippen molar-refractivity contribution < 1.29 is 27.5 Å². The van der Waals surface area contributed by atoms with Crippen LogP contribution in [0.15, 0.2) is 40.8 Å². The van der Waals surface area contributed by atoms with Crippen molar-refractivity contribution in [3.8, 4) is 0 Å². The first kappa shape index (κ1) is 25.4. The molecule has 1 heterocycles. The van der Waals surface area contributed by atoms with Crippen LogP contribution in [0.2, 0.25) is 0 Å². The highest BCUT2D eigenvalue weighted by Gasteiger charge is 2.32. The summed E-state index contributed by atoms with van der Waals surface area (Å²) in [6.07, 6.45) is 6.32. The number of rotatable bonds is 8. The number of ether oxygens (including phenoxy) is 2. The normalized spacial score (nSPS) is 22.8. The largest absolute Gasteiger partial charge is 0.449 e. The summed E-state index contributed by atoms with van der Waals surface area (Å²) in [7, 11) is -3.69. The van der Waals surface area contributed by atoms with Crippen LogP contribution in [0.4, 0.5) is 0 Å². The maximum atomic E-state index is 12.9. The molecule has 1 N–H and O–H groups in total. The Morgan fingerprint density at radius 1 is 1.15 bits per heavy atom. The van der Waals surface area contributed by atoms with Crippen molar-refractivity contribution in [3.63, 3.8) is 0 Å². The Hall–Kier alpha value is -2.23. The molecule has 1 amide bonds. The average Bonchev–Trinajstić information content (AvgIpc) is 2.79. The fraction of sp³-hybridized carbons (Fsp3) is 0.583. The van der Waals surface area contributed by atoms with Crippen molar-refractivity contribution in [1.29, 1.82) is 0 Å². The second-order valence-corrected chi connectivity index (χ2v) is 10.7. The van der Waals surface area contributed by atoms with E-state index >= 15 is 0 Å². The summed E-state index contributed by atoms with van der Waals surface area (Å²) in [6, 6.07) is 5.59. The molecule has 3 atom stereocenters. The summed E-state index contributed by atoms with van der Waals surface area (Å²) in [5.74, 6) is -1.03. The predicted octanol–water partition coefficient (Wildman–Crippen LogP) is 3.04. The van der Waals surface area contributed by atoms with Gasteiger partial charge >= 0.3 is 5.97 Å². The van der Waals surface area contributed by atoms with Crippen molar-refractivity contribution >= 4 is 21.9 Å². The van der Waals surface area contributed by atoms with Gasteiger partial charge in [0, 0.05) is 19.6 Å². The maximum Gasteiger partial charge on any atom is 0.338 e. The summed E-state index contributed by atoms with van der Waals surface area (Å²) in [4.78, 5) is 24.8. The van der Waals surface area contributed by atoms with Crippen LogP contribution in [0.5, 0.6) is 0 Å². The zero-order valence-corrected chi connectivity index (χ0v) is 20.4. The lowest BCUT2D eigenvalue weighted by Crippen LogP contribution is -2.48. The molecule has 2 aliphatic rings. The van der Waals surface area contributed by atoms with Crippen LogP contribution in [0, 0.1) is 0 Å². The van der Waals surface area contributed by atoms with Gasteiger partial charge in [0.15, 0.2) is 6.10 Å². The minimum Gasteiger partial charge on any atom is -0.449 e. The van der Waals surface area contributed by atoms with E-state index in [1.54, 1.807) is 0 Å². The molecule has 0 spiro atoms. The van der Waals surface area contributed by atoms with Crippen molar-refractivity contribution in [2.24, 2.45) is 0 Å². The number of hydrogen-bond donors (Lipinski definition) is 1. The molecular weight excluding hydrogens is 444 g/mol. The minimum absolute atomic E-state index is 0.100. The molecule has 8 nitrogen and oxygen atoms in total. The lowest BCUT2D eigenvalue weighted by Gasteiger charge is -2.34. The molecule has 1 aromatic rings. The zero-order valence-electron chi connectivity index (χ0n) is 19.6. The highest BCUT2D eigenvalue weighted by Crippen LogP contribution is 2.22. The van der Waals surface area contributed by atoms with Crippen LogP contribution < -0.4 is 5.32 Å².